The molecule has 1 aliphatic rings. The Hall–Kier alpha value is -3.65. The average molecular weight is 478 g/mol. The Kier molecular flexibility index (Phi) is 6.98. The molecule has 176 valence electrons. The maximum atomic E-state index is 13.2. The SMILES string of the molecule is CC(=O)N1CCCc2cc(S(=O)(=O)Nc3ccccc3C(=O)NCCc3ccccc3)ccc21. The van der Waals surface area contributed by atoms with Crippen LogP contribution in [0.2, 0.25) is 0 Å². The number of sulfonamides is 1. The first-order chi connectivity index (χ1) is 16.3. The molecule has 0 spiro atoms. The van der Waals surface area contributed by atoms with Gasteiger partial charge in [0.15, 0.2) is 0 Å². The van der Waals surface area contributed by atoms with E-state index in [0.717, 1.165) is 23.2 Å². The lowest BCUT2D eigenvalue weighted by Crippen LogP contribution is -2.33. The van der Waals surface area contributed by atoms with Crippen LogP contribution in [0, 0.1) is 0 Å². The Balaban J connectivity index is 1.50. The standard InChI is InChI=1S/C26H27N3O4S/c1-19(30)29-17-7-10-21-18-22(13-14-25(21)29)34(32,33)28-24-12-6-5-11-23(24)26(31)27-16-15-20-8-3-2-4-9-20/h2-6,8-9,11-14,18,28H,7,10,15-17H2,1H3,(H,27,31). The number of para-hydroxylation sites is 1. The molecule has 3 aromatic carbocycles. The molecule has 2 amide bonds. The third-order valence-corrected chi connectivity index (χ3v) is 7.18. The van der Waals surface area contributed by atoms with E-state index in [0.29, 0.717) is 25.9 Å². The van der Waals surface area contributed by atoms with Gasteiger partial charge in [0, 0.05) is 25.7 Å². The molecular formula is C26H27N3O4S. The Bertz CT molecular complexity index is 1310. The zero-order valence-corrected chi connectivity index (χ0v) is 19.8. The van der Waals surface area contributed by atoms with Gasteiger partial charge in [-0.2, -0.15) is 0 Å². The summed E-state index contributed by atoms with van der Waals surface area (Å²) in [5, 5.41) is 2.86. The fourth-order valence-electron chi connectivity index (χ4n) is 4.10. The second-order valence-corrected chi connectivity index (χ2v) is 9.89. The molecule has 3 aromatic rings. The van der Waals surface area contributed by atoms with Crippen molar-refractivity contribution in [3.63, 3.8) is 0 Å². The van der Waals surface area contributed by atoms with Gasteiger partial charge in [0.25, 0.3) is 15.9 Å². The highest BCUT2D eigenvalue weighted by Crippen LogP contribution is 2.30. The van der Waals surface area contributed by atoms with Crippen LogP contribution in [-0.2, 0) is 27.7 Å². The maximum Gasteiger partial charge on any atom is 0.261 e. The number of rotatable bonds is 7. The minimum Gasteiger partial charge on any atom is -0.352 e. The molecule has 1 heterocycles. The Labute approximate surface area is 199 Å². The van der Waals surface area contributed by atoms with Crippen LogP contribution in [0.4, 0.5) is 11.4 Å². The van der Waals surface area contributed by atoms with Gasteiger partial charge in [0.1, 0.15) is 0 Å². The van der Waals surface area contributed by atoms with E-state index in [1.807, 2.05) is 30.3 Å². The zero-order chi connectivity index (χ0) is 24.1. The molecule has 4 rings (SSSR count). The van der Waals surface area contributed by atoms with E-state index < -0.39 is 10.0 Å². The first-order valence-electron chi connectivity index (χ1n) is 11.2. The molecule has 0 saturated heterocycles. The largest absolute Gasteiger partial charge is 0.352 e. The minimum absolute atomic E-state index is 0.0677. The van der Waals surface area contributed by atoms with Crippen LogP contribution in [0.5, 0.6) is 0 Å². The summed E-state index contributed by atoms with van der Waals surface area (Å²) in [5.41, 5.74) is 3.13. The molecule has 0 saturated carbocycles. The molecule has 0 atom stereocenters. The average Bonchev–Trinajstić information content (AvgIpc) is 2.84. The van der Waals surface area contributed by atoms with Gasteiger partial charge in [-0.3, -0.25) is 14.3 Å². The van der Waals surface area contributed by atoms with Crippen LogP contribution in [0.3, 0.4) is 0 Å². The molecule has 0 fully saturated rings. The zero-order valence-electron chi connectivity index (χ0n) is 19.0. The Morgan fingerprint density at radius 2 is 1.71 bits per heavy atom. The van der Waals surface area contributed by atoms with E-state index in [2.05, 4.69) is 10.0 Å². The highest BCUT2D eigenvalue weighted by atomic mass is 32.2. The van der Waals surface area contributed by atoms with Gasteiger partial charge in [0.2, 0.25) is 5.91 Å². The summed E-state index contributed by atoms with van der Waals surface area (Å²) in [6.07, 6.45) is 2.14. The maximum absolute atomic E-state index is 13.2. The van der Waals surface area contributed by atoms with E-state index in [1.165, 1.54) is 13.0 Å². The fourth-order valence-corrected chi connectivity index (χ4v) is 5.23. The third-order valence-electron chi connectivity index (χ3n) is 5.82. The van der Waals surface area contributed by atoms with Crippen LogP contribution in [0.15, 0.2) is 77.7 Å². The number of fused-ring (bicyclic) bond motifs is 1. The molecule has 1 aliphatic heterocycles. The minimum atomic E-state index is -3.94. The number of amides is 2. The monoisotopic (exact) mass is 477 g/mol. The summed E-state index contributed by atoms with van der Waals surface area (Å²) >= 11 is 0. The van der Waals surface area contributed by atoms with Gasteiger partial charge >= 0.3 is 0 Å². The summed E-state index contributed by atoms with van der Waals surface area (Å²) in [4.78, 5) is 26.4. The van der Waals surface area contributed by atoms with Crippen molar-refractivity contribution in [1.29, 1.82) is 0 Å². The van der Waals surface area contributed by atoms with E-state index in [4.69, 9.17) is 0 Å². The predicted octanol–water partition coefficient (Wildman–Crippen LogP) is 3.76. The summed E-state index contributed by atoms with van der Waals surface area (Å²) < 4.78 is 28.9. The summed E-state index contributed by atoms with van der Waals surface area (Å²) in [6, 6.07) is 21.1. The van der Waals surface area contributed by atoms with Crippen molar-refractivity contribution in [3.8, 4) is 0 Å². The predicted molar refractivity (Wildman–Crippen MR) is 133 cm³/mol. The van der Waals surface area contributed by atoms with Crippen LogP contribution in [0.25, 0.3) is 0 Å². The summed E-state index contributed by atoms with van der Waals surface area (Å²) in [6.45, 7) is 2.56. The fraction of sp³-hybridized carbons (Fsp3) is 0.231. The molecule has 0 unspecified atom stereocenters. The molecule has 0 radical (unpaired) electrons. The summed E-state index contributed by atoms with van der Waals surface area (Å²) in [5.74, 6) is -0.418. The number of hydrogen-bond donors (Lipinski definition) is 2. The van der Waals surface area contributed by atoms with Crippen molar-refractivity contribution in [2.75, 3.05) is 22.7 Å². The topological polar surface area (TPSA) is 95.6 Å². The number of carbonyl (C=O) groups excluding carboxylic acids is 2. The van der Waals surface area contributed by atoms with Crippen molar-refractivity contribution in [3.05, 3.63) is 89.5 Å². The van der Waals surface area contributed by atoms with Gasteiger partial charge < -0.3 is 10.2 Å². The lowest BCUT2D eigenvalue weighted by atomic mass is 10.0. The summed E-state index contributed by atoms with van der Waals surface area (Å²) in [7, 11) is -3.94. The first-order valence-corrected chi connectivity index (χ1v) is 12.7. The van der Waals surface area contributed by atoms with Crippen molar-refractivity contribution >= 4 is 33.2 Å². The number of nitrogens with one attached hydrogen (secondary N) is 2. The van der Waals surface area contributed by atoms with Gasteiger partial charge in [-0.25, -0.2) is 8.42 Å². The lowest BCUT2D eigenvalue weighted by Gasteiger charge is -2.28. The Morgan fingerprint density at radius 1 is 0.971 bits per heavy atom. The van der Waals surface area contributed by atoms with Gasteiger partial charge in [-0.1, -0.05) is 42.5 Å². The first kappa shape index (κ1) is 23.5. The van der Waals surface area contributed by atoms with Crippen LogP contribution >= 0.6 is 0 Å². The highest BCUT2D eigenvalue weighted by Gasteiger charge is 2.24. The molecular weight excluding hydrogens is 450 g/mol. The molecule has 34 heavy (non-hydrogen) atoms. The van der Waals surface area contributed by atoms with Crippen LogP contribution in [-0.4, -0.2) is 33.3 Å². The highest BCUT2D eigenvalue weighted by molar-refractivity contribution is 7.92. The van der Waals surface area contributed by atoms with E-state index in [9.17, 15) is 18.0 Å². The number of benzene rings is 3. The number of hydrogen-bond acceptors (Lipinski definition) is 4. The van der Waals surface area contributed by atoms with Crippen molar-refractivity contribution < 1.29 is 18.0 Å². The van der Waals surface area contributed by atoms with E-state index in [1.54, 1.807) is 41.3 Å². The van der Waals surface area contributed by atoms with Crippen molar-refractivity contribution in [1.82, 2.24) is 5.32 Å². The van der Waals surface area contributed by atoms with Gasteiger partial charge in [-0.15, -0.1) is 0 Å². The molecule has 8 heteroatoms. The van der Waals surface area contributed by atoms with Crippen molar-refractivity contribution in [2.24, 2.45) is 0 Å². The van der Waals surface area contributed by atoms with Crippen molar-refractivity contribution in [2.45, 2.75) is 31.1 Å². The second-order valence-electron chi connectivity index (χ2n) is 8.21. The number of nitrogens with zero attached hydrogens (tertiary/aromatic N) is 1. The van der Waals surface area contributed by atoms with E-state index >= 15 is 0 Å². The molecule has 0 aliphatic carbocycles. The van der Waals surface area contributed by atoms with Gasteiger partial charge in [-0.05, 0) is 60.7 Å². The number of carbonyl (C=O) groups is 2. The molecule has 0 bridgehead atoms. The second kappa shape index (κ2) is 10.1. The molecule has 7 nitrogen and oxygen atoms in total. The number of anilines is 2. The van der Waals surface area contributed by atoms with E-state index in [-0.39, 0.29) is 28.0 Å². The van der Waals surface area contributed by atoms with Gasteiger partial charge in [0.05, 0.1) is 16.1 Å². The smallest absolute Gasteiger partial charge is 0.261 e. The lowest BCUT2D eigenvalue weighted by molar-refractivity contribution is -0.116. The third kappa shape index (κ3) is 5.28. The van der Waals surface area contributed by atoms with Crippen LogP contribution < -0.4 is 14.9 Å². The van der Waals surface area contributed by atoms with Crippen LogP contribution in [0.1, 0.15) is 34.8 Å². The molecule has 2 N–H and O–H groups in total. The molecule has 0 aromatic heterocycles. The normalized spacial score (nSPS) is 13.1. The quantitative estimate of drug-likeness (QED) is 0.542. The Morgan fingerprint density at radius 3 is 2.47 bits per heavy atom. The number of aryl methyl sites for hydroxylation is 1.